The van der Waals surface area contributed by atoms with Crippen molar-refractivity contribution >= 4 is 27.8 Å². The van der Waals surface area contributed by atoms with Crippen LogP contribution in [0, 0.1) is 11.3 Å². The second-order valence-corrected chi connectivity index (χ2v) is 5.34. The zero-order valence-corrected chi connectivity index (χ0v) is 12.8. The molecule has 0 saturated heterocycles. The molecule has 0 aromatic heterocycles. The molecule has 0 bridgehead atoms. The Hall–Kier alpha value is -1.87. The van der Waals surface area contributed by atoms with E-state index < -0.39 is 16.3 Å². The van der Waals surface area contributed by atoms with E-state index in [9.17, 15) is 14.9 Å². The molecule has 1 aromatic rings. The molecule has 0 fully saturated rings. The average Bonchev–Trinajstić information content (AvgIpc) is 2.45. The van der Waals surface area contributed by atoms with Crippen molar-refractivity contribution in [2.24, 2.45) is 0 Å². The SMILES string of the molecule is CCOC(=O)C(Br)(C#N)C(NC(C)=O)c1ccccc1. The van der Waals surface area contributed by atoms with Crippen LogP contribution in [0.3, 0.4) is 0 Å². The standard InChI is InChI=1S/C14H15BrN2O3/c1-3-20-13(19)14(15,9-16)12(17-10(2)18)11-7-5-4-6-8-11/h4-8,12H,3H2,1-2H3,(H,17,18). The number of nitrogens with zero attached hydrogens (tertiary/aromatic N) is 1. The molecule has 1 N–H and O–H groups in total. The molecule has 0 saturated carbocycles. The van der Waals surface area contributed by atoms with E-state index in [0.717, 1.165) is 0 Å². The third-order valence-electron chi connectivity index (χ3n) is 2.61. The van der Waals surface area contributed by atoms with Crippen LogP contribution < -0.4 is 5.32 Å². The summed E-state index contributed by atoms with van der Waals surface area (Å²) in [4.78, 5) is 23.4. The maximum Gasteiger partial charge on any atom is 0.340 e. The fourth-order valence-corrected chi connectivity index (χ4v) is 2.22. The van der Waals surface area contributed by atoms with E-state index in [4.69, 9.17) is 4.74 Å². The number of benzene rings is 1. The van der Waals surface area contributed by atoms with Crippen LogP contribution in [-0.2, 0) is 14.3 Å². The van der Waals surface area contributed by atoms with Gasteiger partial charge in [-0.25, -0.2) is 4.79 Å². The lowest BCUT2D eigenvalue weighted by Gasteiger charge is -2.28. The molecule has 1 rings (SSSR count). The van der Waals surface area contributed by atoms with E-state index in [-0.39, 0.29) is 12.5 Å². The lowest BCUT2D eigenvalue weighted by molar-refractivity contribution is -0.145. The van der Waals surface area contributed by atoms with Gasteiger partial charge in [0.1, 0.15) is 0 Å². The molecule has 1 amide bonds. The minimum Gasteiger partial charge on any atom is -0.464 e. The first kappa shape index (κ1) is 16.2. The van der Waals surface area contributed by atoms with Crippen LogP contribution in [0.15, 0.2) is 30.3 Å². The number of esters is 1. The predicted octanol–water partition coefficient (Wildman–Crippen LogP) is 2.08. The number of carbonyl (C=O) groups excluding carboxylic acids is 2. The number of hydrogen-bond acceptors (Lipinski definition) is 4. The first-order valence-corrected chi connectivity index (χ1v) is 6.84. The van der Waals surface area contributed by atoms with Gasteiger partial charge >= 0.3 is 5.97 Å². The fourth-order valence-electron chi connectivity index (χ4n) is 1.73. The lowest BCUT2D eigenvalue weighted by Crippen LogP contribution is -2.46. The summed E-state index contributed by atoms with van der Waals surface area (Å²) in [6.07, 6.45) is 0. The van der Waals surface area contributed by atoms with Crippen molar-refractivity contribution in [3.05, 3.63) is 35.9 Å². The molecule has 0 aliphatic carbocycles. The molecule has 0 heterocycles. The van der Waals surface area contributed by atoms with Crippen molar-refractivity contribution in [3.8, 4) is 6.07 Å². The number of hydrogen-bond donors (Lipinski definition) is 1. The van der Waals surface area contributed by atoms with Gasteiger partial charge < -0.3 is 10.1 Å². The topological polar surface area (TPSA) is 79.2 Å². The van der Waals surface area contributed by atoms with E-state index in [1.165, 1.54) is 6.92 Å². The van der Waals surface area contributed by atoms with Gasteiger partial charge in [0.2, 0.25) is 10.2 Å². The molecular weight excluding hydrogens is 324 g/mol. The number of alkyl halides is 1. The fraction of sp³-hybridized carbons (Fsp3) is 0.357. The second-order valence-electron chi connectivity index (χ2n) is 4.09. The van der Waals surface area contributed by atoms with E-state index in [2.05, 4.69) is 21.2 Å². The van der Waals surface area contributed by atoms with Crippen molar-refractivity contribution < 1.29 is 14.3 Å². The summed E-state index contributed by atoms with van der Waals surface area (Å²) in [6.45, 7) is 3.12. The van der Waals surface area contributed by atoms with Crippen molar-refractivity contribution in [2.75, 3.05) is 6.61 Å². The smallest absolute Gasteiger partial charge is 0.340 e. The van der Waals surface area contributed by atoms with Crippen LogP contribution >= 0.6 is 15.9 Å². The molecule has 0 aliphatic heterocycles. The summed E-state index contributed by atoms with van der Waals surface area (Å²) in [6, 6.07) is 9.85. The summed E-state index contributed by atoms with van der Waals surface area (Å²) in [7, 11) is 0. The van der Waals surface area contributed by atoms with Crippen LogP contribution in [0.2, 0.25) is 0 Å². The number of rotatable bonds is 5. The number of nitriles is 1. The van der Waals surface area contributed by atoms with Gasteiger partial charge in [0.15, 0.2) is 0 Å². The third kappa shape index (κ3) is 3.58. The molecule has 1 aromatic carbocycles. The number of amides is 1. The van der Waals surface area contributed by atoms with Crippen molar-refractivity contribution in [1.82, 2.24) is 5.32 Å². The Morgan fingerprint density at radius 3 is 2.50 bits per heavy atom. The van der Waals surface area contributed by atoms with E-state index >= 15 is 0 Å². The molecule has 20 heavy (non-hydrogen) atoms. The normalized spacial score (nSPS) is 14.5. The Kier molecular flexibility index (Phi) is 5.71. The van der Waals surface area contributed by atoms with Crippen LogP contribution in [0.25, 0.3) is 0 Å². The maximum absolute atomic E-state index is 12.0. The summed E-state index contributed by atoms with van der Waals surface area (Å²) in [5.41, 5.74) is 0.633. The van der Waals surface area contributed by atoms with Gasteiger partial charge in [0, 0.05) is 6.92 Å². The Morgan fingerprint density at radius 2 is 2.05 bits per heavy atom. The number of nitrogens with one attached hydrogen (secondary N) is 1. The summed E-state index contributed by atoms with van der Waals surface area (Å²) >= 11 is 3.13. The highest BCUT2D eigenvalue weighted by atomic mass is 79.9. The van der Waals surface area contributed by atoms with Crippen LogP contribution in [-0.4, -0.2) is 22.8 Å². The zero-order chi connectivity index (χ0) is 15.2. The molecule has 0 aliphatic rings. The second kappa shape index (κ2) is 7.06. The van der Waals surface area contributed by atoms with E-state index in [1.54, 1.807) is 37.3 Å². The van der Waals surface area contributed by atoms with Crippen molar-refractivity contribution in [1.29, 1.82) is 5.26 Å². The highest BCUT2D eigenvalue weighted by molar-refractivity contribution is 9.10. The minimum absolute atomic E-state index is 0.148. The molecule has 6 heteroatoms. The van der Waals surface area contributed by atoms with Crippen LogP contribution in [0.1, 0.15) is 25.5 Å². The molecule has 0 radical (unpaired) electrons. The third-order valence-corrected chi connectivity index (χ3v) is 3.57. The monoisotopic (exact) mass is 338 g/mol. The first-order chi connectivity index (χ1) is 9.45. The number of halogens is 1. The van der Waals surface area contributed by atoms with Crippen LogP contribution in [0.5, 0.6) is 0 Å². The van der Waals surface area contributed by atoms with Gasteiger partial charge in [-0.1, -0.05) is 46.3 Å². The molecular formula is C14H15BrN2O3. The van der Waals surface area contributed by atoms with Crippen molar-refractivity contribution in [3.63, 3.8) is 0 Å². The molecule has 0 spiro atoms. The summed E-state index contributed by atoms with van der Waals surface area (Å²) in [5.74, 6) is -1.08. The maximum atomic E-state index is 12.0. The quantitative estimate of drug-likeness (QED) is 0.658. The predicted molar refractivity (Wildman–Crippen MR) is 76.9 cm³/mol. The lowest BCUT2D eigenvalue weighted by atomic mass is 9.93. The minimum atomic E-state index is -1.67. The van der Waals surface area contributed by atoms with Gasteiger partial charge in [-0.2, -0.15) is 5.26 Å². The Labute approximate surface area is 126 Å². The molecule has 2 atom stereocenters. The van der Waals surface area contributed by atoms with Crippen LogP contribution in [0.4, 0.5) is 0 Å². The first-order valence-electron chi connectivity index (χ1n) is 6.05. The Bertz CT molecular complexity index is 527. The highest BCUT2D eigenvalue weighted by Gasteiger charge is 2.47. The number of ether oxygens (including phenoxy) is 1. The summed E-state index contributed by atoms with van der Waals surface area (Å²) in [5, 5.41) is 12.0. The Morgan fingerprint density at radius 1 is 1.45 bits per heavy atom. The molecule has 106 valence electrons. The summed E-state index contributed by atoms with van der Waals surface area (Å²) < 4.78 is 3.25. The van der Waals surface area contributed by atoms with Gasteiger partial charge in [-0.05, 0) is 12.5 Å². The Balaban J connectivity index is 3.24. The van der Waals surface area contributed by atoms with Gasteiger partial charge in [0.25, 0.3) is 0 Å². The van der Waals surface area contributed by atoms with Gasteiger partial charge in [-0.3, -0.25) is 4.79 Å². The van der Waals surface area contributed by atoms with Gasteiger partial charge in [0.05, 0.1) is 18.7 Å². The molecule has 5 nitrogen and oxygen atoms in total. The van der Waals surface area contributed by atoms with Crippen molar-refractivity contribution in [2.45, 2.75) is 24.2 Å². The average molecular weight is 339 g/mol. The largest absolute Gasteiger partial charge is 0.464 e. The van der Waals surface area contributed by atoms with E-state index in [1.807, 2.05) is 6.07 Å². The van der Waals surface area contributed by atoms with Gasteiger partial charge in [-0.15, -0.1) is 0 Å². The number of carbonyl (C=O) groups is 2. The zero-order valence-electron chi connectivity index (χ0n) is 11.2. The highest BCUT2D eigenvalue weighted by Crippen LogP contribution is 2.34. The van der Waals surface area contributed by atoms with E-state index in [0.29, 0.717) is 5.56 Å². The molecule has 2 unspecified atom stereocenters.